The summed E-state index contributed by atoms with van der Waals surface area (Å²) < 4.78 is 47.3. The van der Waals surface area contributed by atoms with Crippen molar-refractivity contribution >= 4 is 29.9 Å². The highest BCUT2D eigenvalue weighted by Crippen LogP contribution is 2.33. The third-order valence-electron chi connectivity index (χ3n) is 3.36. The lowest BCUT2D eigenvalue weighted by Gasteiger charge is -2.16. The molecule has 0 fully saturated rings. The van der Waals surface area contributed by atoms with Gasteiger partial charge in [-0.2, -0.15) is 13.2 Å². The third kappa shape index (κ3) is 8.15. The zero-order valence-electron chi connectivity index (χ0n) is 15.1. The smallest absolute Gasteiger partial charge is 0.390 e. The summed E-state index contributed by atoms with van der Waals surface area (Å²) in [5, 5.41) is 5.61. The van der Waals surface area contributed by atoms with Crippen molar-refractivity contribution in [3.63, 3.8) is 0 Å². The first-order valence-corrected chi connectivity index (χ1v) is 7.70. The molecular weight excluding hydrogens is 462 g/mol. The number of benzene rings is 1. The number of allylic oxidation sites excluding steroid dienone is 1. The van der Waals surface area contributed by atoms with E-state index in [4.69, 9.17) is 9.47 Å². The molecule has 0 aliphatic rings. The van der Waals surface area contributed by atoms with Gasteiger partial charge in [-0.3, -0.25) is 4.99 Å². The summed E-state index contributed by atoms with van der Waals surface area (Å²) in [6, 6.07) is 3.74. The second-order valence-corrected chi connectivity index (χ2v) is 5.20. The van der Waals surface area contributed by atoms with E-state index < -0.39 is 12.6 Å². The lowest BCUT2D eigenvalue weighted by Crippen LogP contribution is -2.38. The van der Waals surface area contributed by atoms with E-state index in [0.717, 1.165) is 11.1 Å². The Hall–Kier alpha value is -1.65. The van der Waals surface area contributed by atoms with Gasteiger partial charge in [0.15, 0.2) is 17.5 Å². The Morgan fingerprint density at radius 2 is 1.92 bits per heavy atom. The van der Waals surface area contributed by atoms with Crippen molar-refractivity contribution in [2.75, 3.05) is 27.8 Å². The molecule has 0 spiro atoms. The molecule has 0 unspecified atom stereocenters. The largest absolute Gasteiger partial charge is 0.493 e. The lowest BCUT2D eigenvalue weighted by molar-refractivity contribution is -0.132. The Labute approximate surface area is 169 Å². The summed E-state index contributed by atoms with van der Waals surface area (Å²) in [6.07, 6.45) is -2.76. The Balaban J connectivity index is 0.00000625. The third-order valence-corrected chi connectivity index (χ3v) is 3.36. The van der Waals surface area contributed by atoms with E-state index in [1.807, 2.05) is 6.07 Å². The number of hydrogen-bond donors (Lipinski definition) is 2. The second-order valence-electron chi connectivity index (χ2n) is 5.20. The van der Waals surface area contributed by atoms with Crippen molar-refractivity contribution in [2.45, 2.75) is 25.6 Å². The summed E-state index contributed by atoms with van der Waals surface area (Å²) >= 11 is 0. The summed E-state index contributed by atoms with van der Waals surface area (Å²) in [6.45, 7) is 3.86. The van der Waals surface area contributed by atoms with Gasteiger partial charge in [0, 0.05) is 25.7 Å². The van der Waals surface area contributed by atoms with Crippen LogP contribution in [0.15, 0.2) is 29.8 Å². The molecule has 0 amide bonds. The van der Waals surface area contributed by atoms with Crippen molar-refractivity contribution in [2.24, 2.45) is 4.99 Å². The van der Waals surface area contributed by atoms with Crippen molar-refractivity contribution < 1.29 is 22.6 Å². The summed E-state index contributed by atoms with van der Waals surface area (Å²) in [5.41, 5.74) is 1.79. The molecule has 2 N–H and O–H groups in total. The van der Waals surface area contributed by atoms with Crippen LogP contribution in [0.2, 0.25) is 0 Å². The highest BCUT2D eigenvalue weighted by atomic mass is 127. The molecule has 0 bridgehead atoms. The van der Waals surface area contributed by atoms with E-state index >= 15 is 0 Å². The maximum atomic E-state index is 12.2. The molecule has 1 aromatic carbocycles. The van der Waals surface area contributed by atoms with E-state index in [9.17, 15) is 13.2 Å². The monoisotopic (exact) mass is 487 g/mol. The van der Waals surface area contributed by atoms with Gasteiger partial charge in [-0.05, 0) is 24.1 Å². The molecule has 0 saturated carbocycles. The van der Waals surface area contributed by atoms with Gasteiger partial charge in [0.25, 0.3) is 0 Å². The number of methoxy groups -OCH3 is 2. The average molecular weight is 487 g/mol. The summed E-state index contributed by atoms with van der Waals surface area (Å²) in [5.74, 6) is 1.52. The van der Waals surface area contributed by atoms with Crippen LogP contribution in [0.1, 0.15) is 17.5 Å². The molecule has 148 valence electrons. The second kappa shape index (κ2) is 11.9. The van der Waals surface area contributed by atoms with Gasteiger partial charge < -0.3 is 20.1 Å². The van der Waals surface area contributed by atoms with Gasteiger partial charge in [-0.25, -0.2) is 0 Å². The number of nitrogens with one attached hydrogen (secondary N) is 2. The molecule has 0 radical (unpaired) electrons. The molecule has 0 aromatic heterocycles. The zero-order valence-corrected chi connectivity index (χ0v) is 17.4. The number of nitrogens with zero attached hydrogens (tertiary/aromatic N) is 1. The first kappa shape index (κ1) is 24.4. The van der Waals surface area contributed by atoms with E-state index in [-0.39, 0.29) is 30.5 Å². The molecule has 0 aliphatic heterocycles. The predicted molar refractivity (Wildman–Crippen MR) is 108 cm³/mol. The summed E-state index contributed by atoms with van der Waals surface area (Å²) in [7, 11) is 4.61. The van der Waals surface area contributed by atoms with E-state index in [1.165, 1.54) is 7.05 Å². The Morgan fingerprint density at radius 1 is 1.23 bits per heavy atom. The van der Waals surface area contributed by atoms with Gasteiger partial charge in [0.05, 0.1) is 20.6 Å². The van der Waals surface area contributed by atoms with Crippen LogP contribution in [0.5, 0.6) is 11.5 Å². The molecule has 1 aromatic rings. The number of alkyl halides is 3. The molecular formula is C17H25F3IN3O2. The number of ether oxygens (including phenoxy) is 2. The van der Waals surface area contributed by atoms with Crippen LogP contribution < -0.4 is 20.1 Å². The van der Waals surface area contributed by atoms with E-state index in [2.05, 4.69) is 22.2 Å². The Kier molecular flexibility index (Phi) is 11.1. The zero-order chi connectivity index (χ0) is 18.9. The highest BCUT2D eigenvalue weighted by molar-refractivity contribution is 14.0. The van der Waals surface area contributed by atoms with E-state index in [0.29, 0.717) is 30.4 Å². The number of guanidine groups is 1. The Bertz CT molecular complexity index is 608. The van der Waals surface area contributed by atoms with Crippen molar-refractivity contribution in [3.8, 4) is 11.5 Å². The number of halogens is 4. The SMILES string of the molecule is C=CCc1cc(CNC(=NC)NCCC(F)(F)F)cc(OC)c1OC.I. The van der Waals surface area contributed by atoms with Crippen LogP contribution in [0.4, 0.5) is 13.2 Å². The van der Waals surface area contributed by atoms with Gasteiger partial charge >= 0.3 is 6.18 Å². The van der Waals surface area contributed by atoms with Gasteiger partial charge in [0.2, 0.25) is 0 Å². The lowest BCUT2D eigenvalue weighted by atomic mass is 10.1. The van der Waals surface area contributed by atoms with Crippen molar-refractivity contribution in [1.29, 1.82) is 0 Å². The molecule has 1 rings (SSSR count). The fourth-order valence-corrected chi connectivity index (χ4v) is 2.24. The van der Waals surface area contributed by atoms with Gasteiger partial charge in [-0.1, -0.05) is 6.08 Å². The minimum Gasteiger partial charge on any atom is -0.493 e. The van der Waals surface area contributed by atoms with Crippen molar-refractivity contribution in [1.82, 2.24) is 10.6 Å². The fraction of sp³-hybridized carbons (Fsp3) is 0.471. The van der Waals surface area contributed by atoms with Gasteiger partial charge in [-0.15, -0.1) is 30.6 Å². The normalized spacial score (nSPS) is 11.4. The molecule has 0 aliphatic carbocycles. The number of aliphatic imine (C=N–C) groups is 1. The minimum absolute atomic E-state index is 0. The molecule has 0 heterocycles. The number of rotatable bonds is 8. The van der Waals surface area contributed by atoms with Crippen LogP contribution in [-0.4, -0.2) is 39.9 Å². The first-order valence-electron chi connectivity index (χ1n) is 7.70. The van der Waals surface area contributed by atoms with Crippen LogP contribution in [0, 0.1) is 0 Å². The van der Waals surface area contributed by atoms with Crippen LogP contribution in [0.3, 0.4) is 0 Å². The molecule has 0 atom stereocenters. The molecule has 9 heteroatoms. The van der Waals surface area contributed by atoms with E-state index in [1.54, 1.807) is 26.4 Å². The maximum absolute atomic E-state index is 12.2. The molecule has 0 saturated heterocycles. The summed E-state index contributed by atoms with van der Waals surface area (Å²) in [4.78, 5) is 3.91. The highest BCUT2D eigenvalue weighted by Gasteiger charge is 2.26. The maximum Gasteiger partial charge on any atom is 0.390 e. The predicted octanol–water partition coefficient (Wildman–Crippen LogP) is 3.67. The van der Waals surface area contributed by atoms with Crippen molar-refractivity contribution in [3.05, 3.63) is 35.9 Å². The van der Waals surface area contributed by atoms with Crippen LogP contribution >= 0.6 is 24.0 Å². The van der Waals surface area contributed by atoms with Crippen LogP contribution in [0.25, 0.3) is 0 Å². The Morgan fingerprint density at radius 3 is 2.42 bits per heavy atom. The molecule has 26 heavy (non-hydrogen) atoms. The molecule has 5 nitrogen and oxygen atoms in total. The number of hydrogen-bond acceptors (Lipinski definition) is 3. The first-order chi connectivity index (χ1) is 11.8. The standard InChI is InChI=1S/C17H24F3N3O2.HI/c1-5-6-13-9-12(10-14(24-3)15(13)25-4)11-23-16(21-2)22-8-7-17(18,19)20;/h5,9-10H,1,6-8,11H2,2-4H3,(H2,21,22,23);1H. The topological polar surface area (TPSA) is 54.9 Å². The average Bonchev–Trinajstić information content (AvgIpc) is 2.56. The fourth-order valence-electron chi connectivity index (χ4n) is 2.24. The minimum atomic E-state index is -4.20. The quantitative estimate of drug-likeness (QED) is 0.255. The van der Waals surface area contributed by atoms with Crippen LogP contribution in [-0.2, 0) is 13.0 Å². The van der Waals surface area contributed by atoms with Gasteiger partial charge in [0.1, 0.15) is 0 Å².